The number of nitrogens with zero attached hydrogens (tertiary/aromatic N) is 1. The van der Waals surface area contributed by atoms with E-state index in [9.17, 15) is 14.0 Å². The normalized spacial score (nSPS) is 14.0. The van der Waals surface area contributed by atoms with Crippen LogP contribution in [0.15, 0.2) is 54.6 Å². The second-order valence-electron chi connectivity index (χ2n) is 6.51. The second-order valence-corrected chi connectivity index (χ2v) is 7.61. The summed E-state index contributed by atoms with van der Waals surface area (Å²) in [5, 5.41) is 2.82. The lowest BCUT2D eigenvalue weighted by Gasteiger charge is -2.15. The first-order chi connectivity index (χ1) is 13.6. The maximum absolute atomic E-state index is 13.5. The smallest absolute Gasteiger partial charge is 0.244 e. The van der Waals surface area contributed by atoms with Crippen molar-refractivity contribution in [3.8, 4) is 0 Å². The van der Waals surface area contributed by atoms with Crippen molar-refractivity contribution in [2.24, 2.45) is 0 Å². The molecule has 1 aliphatic heterocycles. The molecule has 2 amide bonds. The molecule has 1 saturated heterocycles. The number of carbonyl (C=O) groups excluding carboxylic acids is 2. The number of anilines is 1. The molecule has 2 aromatic carbocycles. The molecule has 0 aliphatic carbocycles. The number of hydrogen-bond acceptors (Lipinski definition) is 3. The van der Waals surface area contributed by atoms with Crippen molar-refractivity contribution in [2.75, 3.05) is 23.7 Å². The third-order valence-electron chi connectivity index (χ3n) is 4.47. The van der Waals surface area contributed by atoms with Gasteiger partial charge >= 0.3 is 0 Å². The van der Waals surface area contributed by atoms with Crippen molar-refractivity contribution >= 4 is 35.3 Å². The highest BCUT2D eigenvalue weighted by molar-refractivity contribution is 7.98. The third kappa shape index (κ3) is 5.70. The van der Waals surface area contributed by atoms with E-state index in [-0.39, 0.29) is 17.6 Å². The number of carbonyl (C=O) groups is 2. The largest absolute Gasteiger partial charge is 0.352 e. The van der Waals surface area contributed by atoms with Crippen molar-refractivity contribution in [3.63, 3.8) is 0 Å². The SMILES string of the molecule is O=C(/C=C/c1ccc(N2CCCC2=O)cc1)NCCSCc1ccccc1F. The van der Waals surface area contributed by atoms with E-state index in [0.29, 0.717) is 30.0 Å². The Bertz CT molecular complexity index is 852. The summed E-state index contributed by atoms with van der Waals surface area (Å²) in [7, 11) is 0. The number of hydrogen-bond donors (Lipinski definition) is 1. The molecular formula is C22H23FN2O2S. The van der Waals surface area contributed by atoms with Crippen LogP contribution in [0.3, 0.4) is 0 Å². The summed E-state index contributed by atoms with van der Waals surface area (Å²) in [6.07, 6.45) is 4.76. The number of rotatable bonds is 8. The van der Waals surface area contributed by atoms with Crippen molar-refractivity contribution in [3.05, 3.63) is 71.6 Å². The van der Waals surface area contributed by atoms with Crippen molar-refractivity contribution in [1.29, 1.82) is 0 Å². The monoisotopic (exact) mass is 398 g/mol. The van der Waals surface area contributed by atoms with E-state index in [1.54, 1.807) is 34.9 Å². The first-order valence-corrected chi connectivity index (χ1v) is 10.5. The zero-order chi connectivity index (χ0) is 19.8. The molecule has 1 fully saturated rings. The molecule has 6 heteroatoms. The van der Waals surface area contributed by atoms with Gasteiger partial charge < -0.3 is 10.2 Å². The first kappa shape index (κ1) is 20.1. The van der Waals surface area contributed by atoms with Crippen molar-refractivity contribution < 1.29 is 14.0 Å². The summed E-state index contributed by atoms with van der Waals surface area (Å²) >= 11 is 1.58. The summed E-state index contributed by atoms with van der Waals surface area (Å²) in [5.74, 6) is 1.11. The number of nitrogens with one attached hydrogen (secondary N) is 1. The Morgan fingerprint density at radius 3 is 2.68 bits per heavy atom. The van der Waals surface area contributed by atoms with Crippen LogP contribution in [0.1, 0.15) is 24.0 Å². The van der Waals surface area contributed by atoms with Crippen LogP contribution in [0.4, 0.5) is 10.1 Å². The van der Waals surface area contributed by atoms with Crippen LogP contribution in [0, 0.1) is 5.82 Å². The fraction of sp³-hybridized carbons (Fsp3) is 0.273. The van der Waals surface area contributed by atoms with E-state index in [0.717, 1.165) is 24.2 Å². The van der Waals surface area contributed by atoms with Gasteiger partial charge in [0.25, 0.3) is 0 Å². The van der Waals surface area contributed by atoms with Gasteiger partial charge in [-0.25, -0.2) is 4.39 Å². The van der Waals surface area contributed by atoms with Crippen LogP contribution in [0.5, 0.6) is 0 Å². The lowest BCUT2D eigenvalue weighted by atomic mass is 10.2. The summed E-state index contributed by atoms with van der Waals surface area (Å²) < 4.78 is 13.5. The molecule has 0 spiro atoms. The number of amides is 2. The summed E-state index contributed by atoms with van der Waals surface area (Å²) in [6, 6.07) is 14.3. The maximum atomic E-state index is 13.5. The van der Waals surface area contributed by atoms with E-state index in [4.69, 9.17) is 0 Å². The van der Waals surface area contributed by atoms with Gasteiger partial charge in [0.15, 0.2) is 0 Å². The Balaban J connectivity index is 1.38. The van der Waals surface area contributed by atoms with Crippen LogP contribution in [0.2, 0.25) is 0 Å². The van der Waals surface area contributed by atoms with Crippen molar-refractivity contribution in [1.82, 2.24) is 5.32 Å². The topological polar surface area (TPSA) is 49.4 Å². The predicted octanol–water partition coefficient (Wildman–Crippen LogP) is 4.02. The molecule has 1 heterocycles. The standard InChI is InChI=1S/C22H23FN2O2S/c23-20-5-2-1-4-18(20)16-28-15-13-24-21(26)12-9-17-7-10-19(11-8-17)25-14-3-6-22(25)27/h1-2,4-5,7-12H,3,6,13-16H2,(H,24,26)/b12-9+. The van der Waals surface area contributed by atoms with E-state index in [2.05, 4.69) is 5.32 Å². The average molecular weight is 399 g/mol. The van der Waals surface area contributed by atoms with E-state index >= 15 is 0 Å². The molecule has 0 aromatic heterocycles. The van der Waals surface area contributed by atoms with Gasteiger partial charge in [0.2, 0.25) is 11.8 Å². The molecule has 146 valence electrons. The fourth-order valence-electron chi connectivity index (χ4n) is 2.96. The molecule has 1 aliphatic rings. The molecule has 4 nitrogen and oxygen atoms in total. The van der Waals surface area contributed by atoms with Gasteiger partial charge in [-0.2, -0.15) is 11.8 Å². The number of benzene rings is 2. The molecule has 0 radical (unpaired) electrons. The van der Waals surface area contributed by atoms with Crippen LogP contribution < -0.4 is 10.2 Å². The van der Waals surface area contributed by atoms with E-state index in [1.807, 2.05) is 30.3 Å². The highest BCUT2D eigenvalue weighted by Gasteiger charge is 2.21. The first-order valence-electron chi connectivity index (χ1n) is 9.31. The molecule has 3 rings (SSSR count). The van der Waals surface area contributed by atoms with Crippen LogP contribution in [-0.2, 0) is 15.3 Å². The number of thioether (sulfide) groups is 1. The highest BCUT2D eigenvalue weighted by atomic mass is 32.2. The summed E-state index contributed by atoms with van der Waals surface area (Å²) in [5.41, 5.74) is 2.48. The van der Waals surface area contributed by atoms with Gasteiger partial charge in [-0.05, 0) is 41.8 Å². The van der Waals surface area contributed by atoms with Gasteiger partial charge in [-0.1, -0.05) is 30.3 Å². The fourth-order valence-corrected chi connectivity index (χ4v) is 3.81. The van der Waals surface area contributed by atoms with Gasteiger partial charge in [0.05, 0.1) is 0 Å². The Morgan fingerprint density at radius 1 is 1.18 bits per heavy atom. The van der Waals surface area contributed by atoms with E-state index in [1.165, 1.54) is 12.1 Å². The minimum Gasteiger partial charge on any atom is -0.352 e. The van der Waals surface area contributed by atoms with Crippen molar-refractivity contribution in [2.45, 2.75) is 18.6 Å². The maximum Gasteiger partial charge on any atom is 0.244 e. The van der Waals surface area contributed by atoms with Crippen LogP contribution in [0.25, 0.3) is 6.08 Å². The molecule has 0 unspecified atom stereocenters. The number of halogens is 1. The average Bonchev–Trinajstić information content (AvgIpc) is 3.14. The van der Waals surface area contributed by atoms with Gasteiger partial charge in [0, 0.05) is 42.8 Å². The van der Waals surface area contributed by atoms with Gasteiger partial charge in [0.1, 0.15) is 5.82 Å². The molecule has 28 heavy (non-hydrogen) atoms. The molecule has 0 bridgehead atoms. The Kier molecular flexibility index (Phi) is 7.25. The minimum atomic E-state index is -0.193. The Morgan fingerprint density at radius 2 is 1.96 bits per heavy atom. The van der Waals surface area contributed by atoms with Gasteiger partial charge in [-0.3, -0.25) is 9.59 Å². The molecule has 1 N–H and O–H groups in total. The highest BCUT2D eigenvalue weighted by Crippen LogP contribution is 2.21. The van der Waals surface area contributed by atoms with E-state index < -0.39 is 0 Å². The Labute approximate surface area is 168 Å². The minimum absolute atomic E-state index is 0.162. The quantitative estimate of drug-likeness (QED) is 0.540. The van der Waals surface area contributed by atoms with Crippen LogP contribution in [-0.4, -0.2) is 30.7 Å². The summed E-state index contributed by atoms with van der Waals surface area (Å²) in [6.45, 7) is 1.30. The lowest BCUT2D eigenvalue weighted by Crippen LogP contribution is -2.23. The molecule has 0 saturated carbocycles. The third-order valence-corrected chi connectivity index (χ3v) is 5.47. The zero-order valence-corrected chi connectivity index (χ0v) is 16.4. The van der Waals surface area contributed by atoms with Gasteiger partial charge in [-0.15, -0.1) is 0 Å². The molecule has 2 aromatic rings. The lowest BCUT2D eigenvalue weighted by molar-refractivity contribution is -0.117. The second kappa shape index (κ2) is 10.1. The summed E-state index contributed by atoms with van der Waals surface area (Å²) in [4.78, 5) is 25.5. The van der Waals surface area contributed by atoms with Crippen LogP contribution >= 0.6 is 11.8 Å². The molecule has 0 atom stereocenters. The predicted molar refractivity (Wildman–Crippen MR) is 113 cm³/mol. The zero-order valence-electron chi connectivity index (χ0n) is 15.6. The Hall–Kier alpha value is -2.60. The molecular weight excluding hydrogens is 375 g/mol.